The maximum absolute atomic E-state index is 12.8. The highest BCUT2D eigenvalue weighted by molar-refractivity contribution is 7.10. The predicted octanol–water partition coefficient (Wildman–Crippen LogP) is 3.50. The molecule has 2 nitrogen and oxygen atoms in total. The molecule has 1 aromatic carbocycles. The second-order valence-electron chi connectivity index (χ2n) is 4.24. The van der Waals surface area contributed by atoms with E-state index >= 15 is 0 Å². The van der Waals surface area contributed by atoms with E-state index in [9.17, 15) is 4.39 Å². The lowest BCUT2D eigenvalue weighted by molar-refractivity contribution is 0.628. The highest BCUT2D eigenvalue weighted by Gasteiger charge is 2.47. The first-order valence-electron chi connectivity index (χ1n) is 5.37. The lowest BCUT2D eigenvalue weighted by Gasteiger charge is -1.99. The largest absolute Gasteiger partial charge is 0.240 e. The SMILES string of the molecule is N#CC1(c2nc(-c3ccc(F)cc3)cs2)CC1. The molecule has 1 aromatic heterocycles. The summed E-state index contributed by atoms with van der Waals surface area (Å²) in [6.07, 6.45) is 1.81. The minimum atomic E-state index is -0.330. The van der Waals surface area contributed by atoms with E-state index < -0.39 is 0 Å². The average molecular weight is 244 g/mol. The number of nitrogens with zero attached hydrogens (tertiary/aromatic N) is 2. The van der Waals surface area contributed by atoms with Crippen molar-refractivity contribution in [2.24, 2.45) is 0 Å². The maximum atomic E-state index is 12.8. The van der Waals surface area contributed by atoms with Gasteiger partial charge >= 0.3 is 0 Å². The Hall–Kier alpha value is -1.73. The van der Waals surface area contributed by atoms with Crippen LogP contribution in [0, 0.1) is 17.1 Å². The highest BCUT2D eigenvalue weighted by atomic mass is 32.1. The van der Waals surface area contributed by atoms with Crippen molar-refractivity contribution in [1.82, 2.24) is 4.98 Å². The van der Waals surface area contributed by atoms with E-state index in [4.69, 9.17) is 5.26 Å². The maximum Gasteiger partial charge on any atom is 0.123 e. The summed E-state index contributed by atoms with van der Waals surface area (Å²) in [4.78, 5) is 4.49. The molecule has 1 fully saturated rings. The van der Waals surface area contributed by atoms with Crippen molar-refractivity contribution in [3.63, 3.8) is 0 Å². The van der Waals surface area contributed by atoms with Crippen LogP contribution in [-0.2, 0) is 5.41 Å². The summed E-state index contributed by atoms with van der Waals surface area (Å²) in [6, 6.07) is 8.59. The lowest BCUT2D eigenvalue weighted by Crippen LogP contribution is -2.01. The third-order valence-corrected chi connectivity index (χ3v) is 4.06. The second-order valence-corrected chi connectivity index (χ2v) is 5.10. The van der Waals surface area contributed by atoms with Gasteiger partial charge in [0.15, 0.2) is 0 Å². The Labute approximate surface area is 102 Å². The fourth-order valence-electron chi connectivity index (χ4n) is 1.75. The van der Waals surface area contributed by atoms with E-state index in [0.717, 1.165) is 29.1 Å². The number of benzene rings is 1. The Morgan fingerprint density at radius 3 is 2.59 bits per heavy atom. The van der Waals surface area contributed by atoms with Crippen LogP contribution < -0.4 is 0 Å². The van der Waals surface area contributed by atoms with Crippen LogP contribution in [0.4, 0.5) is 4.39 Å². The smallest absolute Gasteiger partial charge is 0.123 e. The average Bonchev–Trinajstić information content (AvgIpc) is 3.00. The number of halogens is 1. The molecule has 3 rings (SSSR count). The predicted molar refractivity (Wildman–Crippen MR) is 64.0 cm³/mol. The normalized spacial score (nSPS) is 16.5. The van der Waals surface area contributed by atoms with E-state index in [0.29, 0.717) is 0 Å². The van der Waals surface area contributed by atoms with Crippen LogP contribution in [0.1, 0.15) is 17.8 Å². The number of hydrogen-bond acceptors (Lipinski definition) is 3. The summed E-state index contributed by atoms with van der Waals surface area (Å²) in [5.41, 5.74) is 1.39. The fourth-order valence-corrected chi connectivity index (χ4v) is 2.78. The molecule has 1 heterocycles. The van der Waals surface area contributed by atoms with Crippen molar-refractivity contribution in [2.45, 2.75) is 18.3 Å². The molecule has 1 saturated carbocycles. The van der Waals surface area contributed by atoms with Crippen molar-refractivity contribution in [3.8, 4) is 17.3 Å². The third-order valence-electron chi connectivity index (χ3n) is 3.02. The summed E-state index contributed by atoms with van der Waals surface area (Å²) < 4.78 is 12.8. The van der Waals surface area contributed by atoms with Crippen LogP contribution in [0.2, 0.25) is 0 Å². The number of aromatic nitrogens is 1. The zero-order chi connectivity index (χ0) is 11.9. The van der Waals surface area contributed by atoms with Crippen LogP contribution in [0.3, 0.4) is 0 Å². The van der Waals surface area contributed by atoms with Gasteiger partial charge in [0.25, 0.3) is 0 Å². The first-order valence-corrected chi connectivity index (χ1v) is 6.25. The van der Waals surface area contributed by atoms with Crippen LogP contribution in [-0.4, -0.2) is 4.98 Å². The Balaban J connectivity index is 1.96. The molecule has 0 spiro atoms. The van der Waals surface area contributed by atoms with E-state index in [1.54, 1.807) is 12.1 Å². The van der Waals surface area contributed by atoms with Crippen molar-refractivity contribution in [3.05, 3.63) is 40.5 Å². The first-order chi connectivity index (χ1) is 8.23. The van der Waals surface area contributed by atoms with Gasteiger partial charge in [-0.3, -0.25) is 0 Å². The molecule has 2 aromatic rings. The second kappa shape index (κ2) is 3.64. The zero-order valence-electron chi connectivity index (χ0n) is 8.98. The zero-order valence-corrected chi connectivity index (χ0v) is 9.80. The van der Waals surface area contributed by atoms with Crippen LogP contribution in [0.5, 0.6) is 0 Å². The summed E-state index contributed by atoms with van der Waals surface area (Å²) in [7, 11) is 0. The molecule has 0 radical (unpaired) electrons. The molecule has 0 bridgehead atoms. The Morgan fingerprint density at radius 2 is 2.00 bits per heavy atom. The summed E-state index contributed by atoms with van der Waals surface area (Å²) in [5.74, 6) is -0.250. The van der Waals surface area contributed by atoms with Gasteiger partial charge in [-0.15, -0.1) is 11.3 Å². The summed E-state index contributed by atoms with van der Waals surface area (Å²) in [6.45, 7) is 0. The molecule has 0 N–H and O–H groups in total. The lowest BCUT2D eigenvalue weighted by atomic mass is 10.1. The number of rotatable bonds is 2. The Kier molecular flexibility index (Phi) is 2.23. The van der Waals surface area contributed by atoms with Crippen molar-refractivity contribution in [2.75, 3.05) is 0 Å². The molecule has 0 unspecified atom stereocenters. The molecule has 0 amide bonds. The van der Waals surface area contributed by atoms with E-state index in [1.807, 2.05) is 5.38 Å². The molecular formula is C13H9FN2S. The molecule has 1 aliphatic rings. The van der Waals surface area contributed by atoms with Crippen LogP contribution in [0.15, 0.2) is 29.6 Å². The molecular weight excluding hydrogens is 235 g/mol. The number of thiazole rings is 1. The standard InChI is InChI=1S/C13H9FN2S/c14-10-3-1-9(2-4-10)11-7-17-12(16-11)13(8-15)5-6-13/h1-4,7H,5-6H2. The Bertz CT molecular complexity index is 591. The topological polar surface area (TPSA) is 36.7 Å². The van der Waals surface area contributed by atoms with Gasteiger partial charge in [0.2, 0.25) is 0 Å². The van der Waals surface area contributed by atoms with E-state index in [2.05, 4.69) is 11.1 Å². The van der Waals surface area contributed by atoms with Crippen LogP contribution in [0.25, 0.3) is 11.3 Å². The summed E-state index contributed by atoms with van der Waals surface area (Å²) >= 11 is 1.52. The van der Waals surface area contributed by atoms with E-state index in [-0.39, 0.29) is 11.2 Å². The van der Waals surface area contributed by atoms with Gasteiger partial charge < -0.3 is 0 Å². The highest BCUT2D eigenvalue weighted by Crippen LogP contribution is 2.49. The monoisotopic (exact) mass is 244 g/mol. The van der Waals surface area contributed by atoms with Gasteiger partial charge in [0.1, 0.15) is 16.2 Å². The van der Waals surface area contributed by atoms with Gasteiger partial charge in [-0.05, 0) is 37.1 Å². The number of nitriles is 1. The van der Waals surface area contributed by atoms with Crippen molar-refractivity contribution >= 4 is 11.3 Å². The van der Waals surface area contributed by atoms with Gasteiger partial charge in [-0.2, -0.15) is 5.26 Å². The van der Waals surface area contributed by atoms with Crippen molar-refractivity contribution < 1.29 is 4.39 Å². The van der Waals surface area contributed by atoms with Gasteiger partial charge in [-0.25, -0.2) is 9.37 Å². The van der Waals surface area contributed by atoms with Gasteiger partial charge in [0, 0.05) is 10.9 Å². The quantitative estimate of drug-likeness (QED) is 0.810. The fraction of sp³-hybridized carbons (Fsp3) is 0.231. The minimum absolute atomic E-state index is 0.250. The van der Waals surface area contributed by atoms with Gasteiger partial charge in [0.05, 0.1) is 11.8 Å². The first kappa shape index (κ1) is 10.4. The molecule has 0 aliphatic heterocycles. The van der Waals surface area contributed by atoms with E-state index in [1.165, 1.54) is 23.5 Å². The molecule has 17 heavy (non-hydrogen) atoms. The molecule has 1 aliphatic carbocycles. The third kappa shape index (κ3) is 1.73. The number of hydrogen-bond donors (Lipinski definition) is 0. The molecule has 84 valence electrons. The van der Waals surface area contributed by atoms with Gasteiger partial charge in [-0.1, -0.05) is 0 Å². The van der Waals surface area contributed by atoms with Crippen molar-refractivity contribution in [1.29, 1.82) is 5.26 Å². The molecule has 4 heteroatoms. The summed E-state index contributed by atoms with van der Waals surface area (Å²) in [5, 5.41) is 11.9. The van der Waals surface area contributed by atoms with Crippen LogP contribution >= 0.6 is 11.3 Å². The minimum Gasteiger partial charge on any atom is -0.240 e. The Morgan fingerprint density at radius 1 is 1.29 bits per heavy atom. The molecule has 0 atom stereocenters. The molecule has 0 saturated heterocycles.